The molecule has 0 saturated carbocycles. The number of pyridine rings is 1. The normalized spacial score (nSPS) is 10.4. The number of rotatable bonds is 6. The lowest BCUT2D eigenvalue weighted by Crippen LogP contribution is -2.26. The first-order chi connectivity index (χ1) is 14.2. The molecular formula is C21H18BrN7. The van der Waals surface area contributed by atoms with Crippen LogP contribution >= 0.6 is 15.9 Å². The van der Waals surface area contributed by atoms with Gasteiger partial charge in [-0.05, 0) is 52.3 Å². The van der Waals surface area contributed by atoms with Crippen LogP contribution in [0.25, 0.3) is 0 Å². The van der Waals surface area contributed by atoms with Crippen LogP contribution < -0.4 is 21.5 Å². The van der Waals surface area contributed by atoms with Gasteiger partial charge in [0, 0.05) is 10.7 Å². The maximum atomic E-state index is 6.35. The molecule has 2 aromatic heterocycles. The number of nitrogen functional groups attached to an aromatic ring is 1. The Kier molecular flexibility index (Phi) is 5.53. The van der Waals surface area contributed by atoms with Crippen molar-refractivity contribution in [3.05, 3.63) is 89.8 Å². The molecule has 0 spiro atoms. The molecule has 4 aromatic rings. The second-order valence-electron chi connectivity index (χ2n) is 6.09. The second kappa shape index (κ2) is 8.57. The Hall–Kier alpha value is -3.65. The van der Waals surface area contributed by atoms with Gasteiger partial charge in [0.05, 0.1) is 11.4 Å². The number of nitrogens with two attached hydrogens (primary N) is 1. The van der Waals surface area contributed by atoms with E-state index in [-0.39, 0.29) is 0 Å². The fourth-order valence-corrected chi connectivity index (χ4v) is 2.93. The zero-order valence-corrected chi connectivity index (χ0v) is 16.9. The molecule has 0 aliphatic rings. The lowest BCUT2D eigenvalue weighted by atomic mass is 10.2. The molecule has 0 amide bonds. The summed E-state index contributed by atoms with van der Waals surface area (Å²) < 4.78 is 0.891. The van der Waals surface area contributed by atoms with Crippen LogP contribution in [0.4, 0.5) is 34.5 Å². The first-order valence-electron chi connectivity index (χ1n) is 8.86. The van der Waals surface area contributed by atoms with Crippen LogP contribution in [-0.2, 0) is 0 Å². The number of anilines is 6. The van der Waals surface area contributed by atoms with Crippen LogP contribution in [0.15, 0.2) is 89.8 Å². The first-order valence-corrected chi connectivity index (χ1v) is 9.66. The summed E-state index contributed by atoms with van der Waals surface area (Å²) in [6, 6.07) is 23.6. The number of para-hydroxylation sites is 2. The monoisotopic (exact) mass is 447 g/mol. The van der Waals surface area contributed by atoms with E-state index in [1.54, 1.807) is 6.20 Å². The van der Waals surface area contributed by atoms with Crippen molar-refractivity contribution in [3.63, 3.8) is 0 Å². The lowest BCUT2D eigenvalue weighted by Gasteiger charge is -2.26. The van der Waals surface area contributed by atoms with Gasteiger partial charge in [-0.25, -0.2) is 15.0 Å². The minimum atomic E-state index is 0.383. The number of hydrazine groups is 1. The second-order valence-corrected chi connectivity index (χ2v) is 7.01. The summed E-state index contributed by atoms with van der Waals surface area (Å²) in [4.78, 5) is 12.9. The van der Waals surface area contributed by atoms with E-state index in [0.717, 1.165) is 15.8 Å². The number of hydrogen-bond acceptors (Lipinski definition) is 7. The third-order valence-corrected chi connectivity index (χ3v) is 4.57. The summed E-state index contributed by atoms with van der Waals surface area (Å²) in [6.45, 7) is 0. The van der Waals surface area contributed by atoms with Crippen LogP contribution in [-0.4, -0.2) is 15.0 Å². The van der Waals surface area contributed by atoms with Crippen LogP contribution in [0.3, 0.4) is 0 Å². The number of nitrogens with one attached hydrogen (secondary N) is 2. The van der Waals surface area contributed by atoms with Gasteiger partial charge in [0.15, 0.2) is 11.6 Å². The van der Waals surface area contributed by atoms with Gasteiger partial charge in [-0.15, -0.1) is 0 Å². The van der Waals surface area contributed by atoms with Crippen molar-refractivity contribution in [2.45, 2.75) is 0 Å². The van der Waals surface area contributed by atoms with Crippen molar-refractivity contribution < 1.29 is 0 Å². The molecule has 4 N–H and O–H groups in total. The molecule has 0 saturated heterocycles. The molecule has 0 aliphatic carbocycles. The van der Waals surface area contributed by atoms with Crippen molar-refractivity contribution in [2.75, 3.05) is 21.5 Å². The van der Waals surface area contributed by atoms with E-state index >= 15 is 0 Å². The highest BCUT2D eigenvalue weighted by molar-refractivity contribution is 9.10. The van der Waals surface area contributed by atoms with Crippen LogP contribution in [0.1, 0.15) is 0 Å². The van der Waals surface area contributed by atoms with Gasteiger partial charge in [0.25, 0.3) is 0 Å². The molecule has 29 heavy (non-hydrogen) atoms. The molecule has 2 aromatic carbocycles. The highest BCUT2D eigenvalue weighted by atomic mass is 79.9. The maximum Gasteiger partial charge on any atom is 0.173 e. The zero-order valence-electron chi connectivity index (χ0n) is 15.3. The average molecular weight is 448 g/mol. The number of aromatic nitrogens is 3. The van der Waals surface area contributed by atoms with Crippen molar-refractivity contribution in [1.82, 2.24) is 15.0 Å². The van der Waals surface area contributed by atoms with E-state index in [9.17, 15) is 0 Å². The molecule has 2 heterocycles. The summed E-state index contributed by atoms with van der Waals surface area (Å²) in [5, 5.41) is 5.04. The number of halogens is 1. The molecule has 4 rings (SSSR count). The highest BCUT2D eigenvalue weighted by Crippen LogP contribution is 2.30. The van der Waals surface area contributed by atoms with E-state index in [1.807, 2.05) is 77.8 Å². The van der Waals surface area contributed by atoms with Crippen LogP contribution in [0.5, 0.6) is 0 Å². The molecule has 7 nitrogen and oxygen atoms in total. The molecule has 0 fully saturated rings. The summed E-state index contributed by atoms with van der Waals surface area (Å²) in [5.74, 6) is 1.58. The van der Waals surface area contributed by atoms with Crippen molar-refractivity contribution in [1.29, 1.82) is 0 Å². The SMILES string of the molecule is Nc1c(Nc2ccc(Br)cn2)ncnc1NN(c1ccccc1)c1ccccc1. The molecule has 0 radical (unpaired) electrons. The minimum Gasteiger partial charge on any atom is -0.393 e. The van der Waals surface area contributed by atoms with E-state index < -0.39 is 0 Å². The predicted molar refractivity (Wildman–Crippen MR) is 120 cm³/mol. The average Bonchev–Trinajstić information content (AvgIpc) is 2.77. The van der Waals surface area contributed by atoms with Crippen molar-refractivity contribution in [2.24, 2.45) is 0 Å². The molecular weight excluding hydrogens is 430 g/mol. The maximum absolute atomic E-state index is 6.35. The Balaban J connectivity index is 1.65. The Bertz CT molecular complexity index is 1030. The van der Waals surface area contributed by atoms with Gasteiger partial charge >= 0.3 is 0 Å². The highest BCUT2D eigenvalue weighted by Gasteiger charge is 2.14. The Morgan fingerprint density at radius 2 is 1.38 bits per heavy atom. The van der Waals surface area contributed by atoms with Crippen LogP contribution in [0, 0.1) is 0 Å². The largest absolute Gasteiger partial charge is 0.393 e. The fraction of sp³-hybridized carbons (Fsp3) is 0. The van der Waals surface area contributed by atoms with Gasteiger partial charge < -0.3 is 11.1 Å². The Morgan fingerprint density at radius 3 is 1.97 bits per heavy atom. The van der Waals surface area contributed by atoms with Crippen molar-refractivity contribution in [3.8, 4) is 0 Å². The molecule has 0 aliphatic heterocycles. The minimum absolute atomic E-state index is 0.383. The summed E-state index contributed by atoms with van der Waals surface area (Å²) in [6.07, 6.45) is 3.15. The lowest BCUT2D eigenvalue weighted by molar-refractivity contribution is 1.09. The smallest absolute Gasteiger partial charge is 0.173 e. The predicted octanol–water partition coefficient (Wildman–Crippen LogP) is 5.13. The summed E-state index contributed by atoms with van der Waals surface area (Å²) >= 11 is 3.37. The third-order valence-electron chi connectivity index (χ3n) is 4.10. The molecule has 144 valence electrons. The topological polar surface area (TPSA) is 92.0 Å². The van der Waals surface area contributed by atoms with Crippen molar-refractivity contribution >= 4 is 50.4 Å². The van der Waals surface area contributed by atoms with Gasteiger partial charge in [-0.1, -0.05) is 36.4 Å². The fourth-order valence-electron chi connectivity index (χ4n) is 2.69. The molecule has 0 atom stereocenters. The molecule has 0 bridgehead atoms. The van der Waals surface area contributed by atoms with Gasteiger partial charge in [0.2, 0.25) is 0 Å². The van der Waals surface area contributed by atoms with Gasteiger partial charge in [-0.2, -0.15) is 0 Å². The number of benzene rings is 2. The van der Waals surface area contributed by atoms with E-state index in [2.05, 4.69) is 41.6 Å². The van der Waals surface area contributed by atoms with Gasteiger partial charge in [0.1, 0.15) is 17.8 Å². The first kappa shape index (κ1) is 18.7. The van der Waals surface area contributed by atoms with Crippen LogP contribution in [0.2, 0.25) is 0 Å². The Morgan fingerprint density at radius 1 is 0.759 bits per heavy atom. The molecule has 8 heteroatoms. The third kappa shape index (κ3) is 4.44. The van der Waals surface area contributed by atoms with E-state index in [4.69, 9.17) is 5.73 Å². The summed E-state index contributed by atoms with van der Waals surface area (Å²) in [7, 11) is 0. The quantitative estimate of drug-likeness (QED) is 0.353. The standard InChI is InChI=1S/C21H18BrN7/c22-15-11-12-18(24-13-15)27-20-19(23)21(26-14-25-20)28-29(16-7-3-1-4-8-16)17-9-5-2-6-10-17/h1-14H,23H2,(H2,24,25,26,27,28). The molecule has 0 unspecified atom stereocenters. The van der Waals surface area contributed by atoms with E-state index in [1.165, 1.54) is 6.33 Å². The Labute approximate surface area is 176 Å². The van der Waals surface area contributed by atoms with Gasteiger partial charge in [-0.3, -0.25) is 10.4 Å². The van der Waals surface area contributed by atoms with E-state index in [0.29, 0.717) is 23.1 Å². The number of hydrogen-bond donors (Lipinski definition) is 3. The number of nitrogens with zero attached hydrogens (tertiary/aromatic N) is 4. The zero-order chi connectivity index (χ0) is 20.1. The summed E-state index contributed by atoms with van der Waals surface area (Å²) in [5.41, 5.74) is 11.9.